The van der Waals surface area contributed by atoms with E-state index in [0.717, 1.165) is 10.4 Å². The number of hydrogen-bond acceptors (Lipinski definition) is 4. The van der Waals surface area contributed by atoms with Gasteiger partial charge in [0.1, 0.15) is 5.75 Å². The van der Waals surface area contributed by atoms with Crippen molar-refractivity contribution in [2.45, 2.75) is 26.7 Å². The van der Waals surface area contributed by atoms with Crippen molar-refractivity contribution in [3.8, 4) is 5.75 Å². The van der Waals surface area contributed by atoms with Crippen LogP contribution in [-0.4, -0.2) is 18.7 Å². The summed E-state index contributed by atoms with van der Waals surface area (Å²) < 4.78 is 5.49. The van der Waals surface area contributed by atoms with Crippen molar-refractivity contribution in [1.82, 2.24) is 5.43 Å². The normalized spacial score (nSPS) is 11.1. The van der Waals surface area contributed by atoms with Crippen molar-refractivity contribution < 1.29 is 9.53 Å². The largest absolute Gasteiger partial charge is 0.484 e. The zero-order valence-corrected chi connectivity index (χ0v) is 13.8. The van der Waals surface area contributed by atoms with Gasteiger partial charge >= 0.3 is 0 Å². The van der Waals surface area contributed by atoms with Crippen LogP contribution in [0.2, 0.25) is 0 Å². The molecule has 0 saturated carbocycles. The fourth-order valence-electron chi connectivity index (χ4n) is 1.82. The predicted octanol–water partition coefficient (Wildman–Crippen LogP) is 3.71. The van der Waals surface area contributed by atoms with Gasteiger partial charge in [0.05, 0.1) is 6.21 Å². The Balaban J connectivity index is 1.82. The van der Waals surface area contributed by atoms with E-state index in [1.54, 1.807) is 17.6 Å². The molecule has 0 saturated heterocycles. The van der Waals surface area contributed by atoms with Crippen LogP contribution in [0.5, 0.6) is 5.75 Å². The highest BCUT2D eigenvalue weighted by Gasteiger charge is 2.04. The molecule has 5 heteroatoms. The number of benzene rings is 1. The van der Waals surface area contributed by atoms with Gasteiger partial charge in [0, 0.05) is 4.88 Å². The lowest BCUT2D eigenvalue weighted by atomic mass is 10.0. The minimum absolute atomic E-state index is 0.0533. The summed E-state index contributed by atoms with van der Waals surface area (Å²) in [6, 6.07) is 9.79. The topological polar surface area (TPSA) is 50.7 Å². The molecule has 2 aromatic rings. The van der Waals surface area contributed by atoms with Crippen LogP contribution in [0, 0.1) is 6.92 Å². The predicted molar refractivity (Wildman–Crippen MR) is 90.8 cm³/mol. The molecule has 0 unspecified atom stereocenters. The highest BCUT2D eigenvalue weighted by Crippen LogP contribution is 2.19. The molecule has 0 radical (unpaired) electrons. The molecule has 4 nitrogen and oxygen atoms in total. The van der Waals surface area contributed by atoms with Gasteiger partial charge in [-0.05, 0) is 47.5 Å². The number of amides is 1. The van der Waals surface area contributed by atoms with Gasteiger partial charge in [-0.1, -0.05) is 26.0 Å². The molecule has 1 heterocycles. The zero-order valence-electron chi connectivity index (χ0n) is 13.0. The first-order valence-corrected chi connectivity index (χ1v) is 8.03. The monoisotopic (exact) mass is 316 g/mol. The third-order valence-corrected chi connectivity index (χ3v) is 4.12. The van der Waals surface area contributed by atoms with Gasteiger partial charge in [-0.3, -0.25) is 4.79 Å². The summed E-state index contributed by atoms with van der Waals surface area (Å²) in [5.74, 6) is 0.843. The van der Waals surface area contributed by atoms with E-state index < -0.39 is 0 Å². The molecule has 1 N–H and O–H groups in total. The van der Waals surface area contributed by atoms with Gasteiger partial charge in [0.15, 0.2) is 6.61 Å². The van der Waals surface area contributed by atoms with Crippen LogP contribution in [0.1, 0.15) is 35.8 Å². The van der Waals surface area contributed by atoms with Crippen LogP contribution in [0.15, 0.2) is 40.8 Å². The summed E-state index contributed by atoms with van der Waals surface area (Å²) in [5, 5.41) is 5.93. The number of nitrogens with zero attached hydrogens (tertiary/aromatic N) is 1. The summed E-state index contributed by atoms with van der Waals surface area (Å²) in [6.07, 6.45) is 1.65. The average Bonchev–Trinajstić information content (AvgIpc) is 2.91. The number of ether oxygens (including phenoxy) is 1. The number of hydrogen-bond donors (Lipinski definition) is 1. The SMILES string of the molecule is Cc1ccsc1/C=N/NC(=O)COc1cccc(C(C)C)c1. The minimum Gasteiger partial charge on any atom is -0.484 e. The van der Waals surface area contributed by atoms with Crippen LogP contribution >= 0.6 is 11.3 Å². The number of carbonyl (C=O) groups is 1. The highest BCUT2D eigenvalue weighted by molar-refractivity contribution is 7.11. The van der Waals surface area contributed by atoms with Gasteiger partial charge in [-0.15, -0.1) is 11.3 Å². The first-order valence-electron chi connectivity index (χ1n) is 7.15. The molecule has 0 aliphatic carbocycles. The van der Waals surface area contributed by atoms with Crippen LogP contribution in [0.25, 0.3) is 0 Å². The van der Waals surface area contributed by atoms with Gasteiger partial charge in [0.25, 0.3) is 5.91 Å². The molecule has 0 aliphatic heterocycles. The third-order valence-electron chi connectivity index (χ3n) is 3.17. The summed E-state index contributed by atoms with van der Waals surface area (Å²) in [6.45, 7) is 6.19. The van der Waals surface area contributed by atoms with E-state index in [4.69, 9.17) is 4.74 Å². The molecule has 0 atom stereocenters. The molecule has 1 amide bonds. The molecule has 116 valence electrons. The van der Waals surface area contributed by atoms with Crippen molar-refractivity contribution in [2.75, 3.05) is 6.61 Å². The van der Waals surface area contributed by atoms with Crippen LogP contribution < -0.4 is 10.2 Å². The van der Waals surface area contributed by atoms with E-state index in [9.17, 15) is 4.79 Å². The second-order valence-electron chi connectivity index (χ2n) is 5.28. The number of hydrazone groups is 1. The quantitative estimate of drug-likeness (QED) is 0.652. The van der Waals surface area contributed by atoms with E-state index in [0.29, 0.717) is 11.7 Å². The van der Waals surface area contributed by atoms with Gasteiger partial charge in [-0.2, -0.15) is 5.10 Å². The standard InChI is InChI=1S/C17H20N2O2S/c1-12(2)14-5-4-6-15(9-14)21-11-17(20)19-18-10-16-13(3)7-8-22-16/h4-10,12H,11H2,1-3H3,(H,19,20)/b18-10+. The van der Waals surface area contributed by atoms with Crippen molar-refractivity contribution in [1.29, 1.82) is 0 Å². The molecule has 22 heavy (non-hydrogen) atoms. The van der Waals surface area contributed by atoms with E-state index >= 15 is 0 Å². The molecule has 0 bridgehead atoms. The van der Waals surface area contributed by atoms with E-state index in [1.165, 1.54) is 5.56 Å². The Morgan fingerprint density at radius 2 is 2.23 bits per heavy atom. The number of carbonyl (C=O) groups excluding carboxylic acids is 1. The zero-order chi connectivity index (χ0) is 15.9. The molecular formula is C17H20N2O2S. The maximum Gasteiger partial charge on any atom is 0.277 e. The second kappa shape index (κ2) is 7.75. The Bertz CT molecular complexity index is 662. The van der Waals surface area contributed by atoms with Crippen LogP contribution in [-0.2, 0) is 4.79 Å². The van der Waals surface area contributed by atoms with Crippen molar-refractivity contribution in [3.05, 3.63) is 51.7 Å². The summed E-state index contributed by atoms with van der Waals surface area (Å²) in [5.41, 5.74) is 4.80. The van der Waals surface area contributed by atoms with E-state index in [1.807, 2.05) is 42.6 Å². The molecule has 1 aromatic carbocycles. The van der Waals surface area contributed by atoms with Gasteiger partial charge < -0.3 is 4.74 Å². The number of rotatable bonds is 6. The summed E-state index contributed by atoms with van der Waals surface area (Å²) >= 11 is 1.58. The summed E-state index contributed by atoms with van der Waals surface area (Å²) in [4.78, 5) is 12.7. The van der Waals surface area contributed by atoms with Crippen molar-refractivity contribution >= 4 is 23.5 Å². The fourth-order valence-corrected chi connectivity index (χ4v) is 2.61. The third kappa shape index (κ3) is 4.70. The molecule has 1 aromatic heterocycles. The Kier molecular flexibility index (Phi) is 5.72. The smallest absolute Gasteiger partial charge is 0.277 e. The Morgan fingerprint density at radius 3 is 2.91 bits per heavy atom. The van der Waals surface area contributed by atoms with E-state index in [2.05, 4.69) is 24.4 Å². The first-order chi connectivity index (χ1) is 10.6. The van der Waals surface area contributed by atoms with Crippen molar-refractivity contribution in [3.63, 3.8) is 0 Å². The molecular weight excluding hydrogens is 296 g/mol. The van der Waals surface area contributed by atoms with Crippen LogP contribution in [0.4, 0.5) is 0 Å². The average molecular weight is 316 g/mol. The second-order valence-corrected chi connectivity index (χ2v) is 6.22. The number of thiophene rings is 1. The van der Waals surface area contributed by atoms with E-state index in [-0.39, 0.29) is 12.5 Å². The number of aryl methyl sites for hydroxylation is 1. The molecule has 0 aliphatic rings. The van der Waals surface area contributed by atoms with Gasteiger partial charge in [-0.25, -0.2) is 5.43 Å². The molecule has 0 fully saturated rings. The molecule has 2 rings (SSSR count). The minimum atomic E-state index is -0.277. The first kappa shape index (κ1) is 16.2. The molecule has 0 spiro atoms. The lowest BCUT2D eigenvalue weighted by molar-refractivity contribution is -0.123. The maximum atomic E-state index is 11.7. The Labute approximate surface area is 134 Å². The maximum absolute atomic E-state index is 11.7. The fraction of sp³-hybridized carbons (Fsp3) is 0.294. The lowest BCUT2D eigenvalue weighted by Gasteiger charge is -2.09. The van der Waals surface area contributed by atoms with Gasteiger partial charge in [0.2, 0.25) is 0 Å². The number of nitrogens with one attached hydrogen (secondary N) is 1. The summed E-state index contributed by atoms with van der Waals surface area (Å²) in [7, 11) is 0. The lowest BCUT2D eigenvalue weighted by Crippen LogP contribution is -2.24. The van der Waals surface area contributed by atoms with Crippen LogP contribution in [0.3, 0.4) is 0 Å². The Hall–Kier alpha value is -2.14. The highest BCUT2D eigenvalue weighted by atomic mass is 32.1. The van der Waals surface area contributed by atoms with Crippen molar-refractivity contribution in [2.24, 2.45) is 5.10 Å². The Morgan fingerprint density at radius 1 is 1.41 bits per heavy atom.